The fourth-order valence-electron chi connectivity index (χ4n) is 1.32. The summed E-state index contributed by atoms with van der Waals surface area (Å²) in [4.78, 5) is 0. The predicted molar refractivity (Wildman–Crippen MR) is 60.8 cm³/mol. The van der Waals surface area contributed by atoms with Gasteiger partial charge < -0.3 is 11.1 Å². The molecule has 98 valence electrons. The Morgan fingerprint density at radius 3 is 2.47 bits per heavy atom. The van der Waals surface area contributed by atoms with Crippen LogP contribution in [0.4, 0.5) is 18.3 Å². The smallest absolute Gasteiger partial charge is 0.359 e. The molecule has 0 radical (unpaired) electrons. The lowest BCUT2D eigenvalue weighted by Gasteiger charge is -2.13. The number of hydrogen-bond donors (Lipinski definition) is 2. The van der Waals surface area contributed by atoms with Gasteiger partial charge in [-0.2, -0.15) is 13.2 Å². The van der Waals surface area contributed by atoms with Gasteiger partial charge in [-0.15, -0.1) is 10.2 Å². The van der Waals surface area contributed by atoms with Gasteiger partial charge in [0.25, 0.3) is 0 Å². The van der Waals surface area contributed by atoms with Crippen LogP contribution in [0.1, 0.15) is 25.3 Å². The quantitative estimate of drug-likeness (QED) is 0.860. The van der Waals surface area contributed by atoms with Crippen molar-refractivity contribution in [3.05, 3.63) is 5.01 Å². The number of anilines is 1. The first kappa shape index (κ1) is 14.2. The fourth-order valence-corrected chi connectivity index (χ4v) is 1.93. The van der Waals surface area contributed by atoms with E-state index in [2.05, 4.69) is 15.5 Å². The van der Waals surface area contributed by atoms with Crippen molar-refractivity contribution in [1.29, 1.82) is 0 Å². The van der Waals surface area contributed by atoms with Crippen LogP contribution in [0.5, 0.6) is 0 Å². The van der Waals surface area contributed by atoms with Crippen LogP contribution in [0.25, 0.3) is 0 Å². The Hall–Kier alpha value is -0.890. The molecule has 0 aliphatic rings. The van der Waals surface area contributed by atoms with E-state index in [-0.39, 0.29) is 11.2 Å². The van der Waals surface area contributed by atoms with E-state index < -0.39 is 11.2 Å². The number of nitrogens with one attached hydrogen (secondary N) is 1. The monoisotopic (exact) mass is 268 g/mol. The highest BCUT2D eigenvalue weighted by atomic mass is 32.1. The molecule has 0 saturated heterocycles. The molecule has 0 amide bonds. The number of rotatable bonds is 5. The SMILES string of the molecule is CC(C)CC(N)CNc1nnc(C(F)(F)F)s1. The zero-order chi connectivity index (χ0) is 13.1. The third-order valence-corrected chi connectivity index (χ3v) is 2.88. The summed E-state index contributed by atoms with van der Waals surface area (Å²) in [5, 5.41) is 8.45. The summed E-state index contributed by atoms with van der Waals surface area (Å²) in [5.74, 6) is 0.451. The Morgan fingerprint density at radius 1 is 1.35 bits per heavy atom. The summed E-state index contributed by atoms with van der Waals surface area (Å²) in [7, 11) is 0. The van der Waals surface area contributed by atoms with Crippen LogP contribution in [0.3, 0.4) is 0 Å². The third kappa shape index (κ3) is 4.86. The van der Waals surface area contributed by atoms with Crippen LogP contribution in [-0.2, 0) is 6.18 Å². The molecule has 1 aromatic rings. The summed E-state index contributed by atoms with van der Waals surface area (Å²) >= 11 is 0.487. The minimum absolute atomic E-state index is 0.103. The normalized spacial score (nSPS) is 14.1. The van der Waals surface area contributed by atoms with E-state index >= 15 is 0 Å². The maximum atomic E-state index is 12.2. The number of hydrogen-bond acceptors (Lipinski definition) is 5. The second-order valence-corrected chi connectivity index (χ2v) is 5.16. The Balaban J connectivity index is 2.45. The van der Waals surface area contributed by atoms with E-state index in [1.54, 1.807) is 0 Å². The fraction of sp³-hybridized carbons (Fsp3) is 0.778. The maximum absolute atomic E-state index is 12.2. The molecule has 4 nitrogen and oxygen atoms in total. The van der Waals surface area contributed by atoms with Crippen LogP contribution >= 0.6 is 11.3 Å². The molecule has 0 spiro atoms. The molecule has 0 aliphatic heterocycles. The largest absolute Gasteiger partial charge is 0.445 e. The van der Waals surface area contributed by atoms with Gasteiger partial charge in [-0.3, -0.25) is 0 Å². The molecule has 8 heteroatoms. The molecule has 0 fully saturated rings. The minimum Gasteiger partial charge on any atom is -0.359 e. The maximum Gasteiger partial charge on any atom is 0.445 e. The second-order valence-electron chi connectivity index (χ2n) is 4.18. The van der Waals surface area contributed by atoms with Gasteiger partial charge in [0.1, 0.15) is 0 Å². The average Bonchev–Trinajstić information content (AvgIpc) is 2.61. The summed E-state index contributed by atoms with van der Waals surface area (Å²) in [5.41, 5.74) is 5.79. The minimum atomic E-state index is -4.43. The predicted octanol–water partition coefficient (Wildman–Crippen LogP) is 2.34. The number of aromatic nitrogens is 2. The van der Waals surface area contributed by atoms with Crippen LogP contribution in [0.15, 0.2) is 0 Å². The van der Waals surface area contributed by atoms with Crippen LogP contribution in [-0.4, -0.2) is 22.8 Å². The highest BCUT2D eigenvalue weighted by Gasteiger charge is 2.35. The Morgan fingerprint density at radius 2 is 2.00 bits per heavy atom. The highest BCUT2D eigenvalue weighted by molar-refractivity contribution is 7.15. The zero-order valence-electron chi connectivity index (χ0n) is 9.58. The molecule has 1 atom stereocenters. The summed E-state index contributed by atoms with van der Waals surface area (Å²) in [6.45, 7) is 4.46. The van der Waals surface area contributed by atoms with Crippen molar-refractivity contribution in [3.63, 3.8) is 0 Å². The molecular weight excluding hydrogens is 253 g/mol. The van der Waals surface area contributed by atoms with Gasteiger partial charge in [0.2, 0.25) is 10.1 Å². The van der Waals surface area contributed by atoms with Crippen molar-refractivity contribution in [2.24, 2.45) is 11.7 Å². The first-order valence-electron chi connectivity index (χ1n) is 5.19. The third-order valence-electron chi connectivity index (χ3n) is 1.96. The molecule has 1 aromatic heterocycles. The number of nitrogens with two attached hydrogens (primary N) is 1. The van der Waals surface area contributed by atoms with Crippen molar-refractivity contribution < 1.29 is 13.2 Å². The first-order chi connectivity index (χ1) is 7.79. The van der Waals surface area contributed by atoms with E-state index in [1.807, 2.05) is 13.8 Å². The number of halogens is 3. The van der Waals surface area contributed by atoms with Crippen LogP contribution in [0.2, 0.25) is 0 Å². The average molecular weight is 268 g/mol. The number of alkyl halides is 3. The molecule has 1 rings (SSSR count). The summed E-state index contributed by atoms with van der Waals surface area (Å²) in [6, 6.07) is -0.103. The second kappa shape index (κ2) is 5.63. The topological polar surface area (TPSA) is 63.8 Å². The van der Waals surface area contributed by atoms with Gasteiger partial charge >= 0.3 is 6.18 Å². The van der Waals surface area contributed by atoms with Gasteiger partial charge in [-0.05, 0) is 12.3 Å². The lowest BCUT2D eigenvalue weighted by atomic mass is 10.1. The highest BCUT2D eigenvalue weighted by Crippen LogP contribution is 2.32. The zero-order valence-corrected chi connectivity index (χ0v) is 10.4. The van der Waals surface area contributed by atoms with E-state index in [0.717, 1.165) is 6.42 Å². The Labute approximate surface area is 101 Å². The molecule has 17 heavy (non-hydrogen) atoms. The molecule has 3 N–H and O–H groups in total. The van der Waals surface area contributed by atoms with Gasteiger partial charge in [-0.1, -0.05) is 25.2 Å². The molecule has 1 unspecified atom stereocenters. The molecule has 0 aromatic carbocycles. The summed E-state index contributed by atoms with van der Waals surface area (Å²) in [6.07, 6.45) is -3.63. The van der Waals surface area contributed by atoms with E-state index in [9.17, 15) is 13.2 Å². The van der Waals surface area contributed by atoms with Crippen molar-refractivity contribution in [2.75, 3.05) is 11.9 Å². The van der Waals surface area contributed by atoms with Gasteiger partial charge in [0, 0.05) is 12.6 Å². The lowest BCUT2D eigenvalue weighted by Crippen LogP contribution is -2.30. The van der Waals surface area contributed by atoms with E-state index in [1.165, 1.54) is 0 Å². The standard InChI is InChI=1S/C9H15F3N4S/c1-5(2)3-6(13)4-14-8-16-15-7(17-8)9(10,11)12/h5-6H,3-4,13H2,1-2H3,(H,14,16). The number of nitrogens with zero attached hydrogens (tertiary/aromatic N) is 2. The summed E-state index contributed by atoms with van der Waals surface area (Å²) < 4.78 is 36.7. The van der Waals surface area contributed by atoms with Crippen molar-refractivity contribution >= 4 is 16.5 Å². The van der Waals surface area contributed by atoms with Crippen molar-refractivity contribution in [2.45, 2.75) is 32.5 Å². The molecule has 0 bridgehead atoms. The Bertz CT molecular complexity index is 350. The Kier molecular flexibility index (Phi) is 4.70. The van der Waals surface area contributed by atoms with Gasteiger partial charge in [-0.25, -0.2) is 0 Å². The lowest BCUT2D eigenvalue weighted by molar-refractivity contribution is -0.138. The van der Waals surface area contributed by atoms with Crippen molar-refractivity contribution in [1.82, 2.24) is 10.2 Å². The van der Waals surface area contributed by atoms with E-state index in [4.69, 9.17) is 5.73 Å². The molecule has 0 aliphatic carbocycles. The molecule has 1 heterocycles. The molecular formula is C9H15F3N4S. The first-order valence-corrected chi connectivity index (χ1v) is 6.01. The molecule has 0 saturated carbocycles. The van der Waals surface area contributed by atoms with Gasteiger partial charge in [0.05, 0.1) is 0 Å². The van der Waals surface area contributed by atoms with Crippen LogP contribution in [0, 0.1) is 5.92 Å². The van der Waals surface area contributed by atoms with Crippen LogP contribution < -0.4 is 11.1 Å². The van der Waals surface area contributed by atoms with Crippen molar-refractivity contribution in [3.8, 4) is 0 Å². The van der Waals surface area contributed by atoms with E-state index in [0.29, 0.717) is 23.8 Å². The van der Waals surface area contributed by atoms with Gasteiger partial charge in [0.15, 0.2) is 0 Å².